The van der Waals surface area contributed by atoms with Crippen LogP contribution in [0.5, 0.6) is 17.4 Å². The Bertz CT molecular complexity index is 648. The standard InChI is InChI=1S/C18H21N3O3.2ClH/c22-18(21-12-3-9-19-11-13-21)14-23-15-5-7-16(8-6-15)24-17-4-1-2-10-20-17;;/h1-2,4-8,10,19H,3,9,11-14H2;2*1H. The molecule has 1 amide bonds. The predicted octanol–water partition coefficient (Wildman–Crippen LogP) is 2.92. The molecule has 2 aromatic rings. The largest absolute Gasteiger partial charge is 0.484 e. The third-order valence-corrected chi connectivity index (χ3v) is 3.74. The van der Waals surface area contributed by atoms with Crippen LogP contribution in [0.2, 0.25) is 0 Å². The van der Waals surface area contributed by atoms with Gasteiger partial charge >= 0.3 is 0 Å². The zero-order chi connectivity index (χ0) is 16.6. The van der Waals surface area contributed by atoms with E-state index in [1.807, 2.05) is 17.0 Å². The van der Waals surface area contributed by atoms with Gasteiger partial charge in [-0.2, -0.15) is 0 Å². The summed E-state index contributed by atoms with van der Waals surface area (Å²) in [5.41, 5.74) is 0. The first-order chi connectivity index (χ1) is 11.8. The Hall–Kier alpha value is -2.02. The van der Waals surface area contributed by atoms with Gasteiger partial charge < -0.3 is 19.7 Å². The van der Waals surface area contributed by atoms with Crippen molar-refractivity contribution >= 4 is 30.7 Å². The van der Waals surface area contributed by atoms with Gasteiger partial charge in [-0.3, -0.25) is 4.79 Å². The molecule has 1 aliphatic heterocycles. The number of benzene rings is 1. The van der Waals surface area contributed by atoms with Gasteiger partial charge in [0.1, 0.15) is 11.5 Å². The van der Waals surface area contributed by atoms with Gasteiger partial charge in [-0.25, -0.2) is 4.98 Å². The molecule has 1 saturated heterocycles. The van der Waals surface area contributed by atoms with Crippen LogP contribution in [0.1, 0.15) is 6.42 Å². The van der Waals surface area contributed by atoms with Crippen molar-refractivity contribution in [2.24, 2.45) is 0 Å². The monoisotopic (exact) mass is 399 g/mol. The van der Waals surface area contributed by atoms with E-state index in [9.17, 15) is 4.79 Å². The van der Waals surface area contributed by atoms with E-state index in [0.29, 0.717) is 17.4 Å². The van der Waals surface area contributed by atoms with Crippen LogP contribution in [0.25, 0.3) is 0 Å². The maximum atomic E-state index is 12.2. The maximum Gasteiger partial charge on any atom is 0.260 e. The number of nitrogens with zero attached hydrogens (tertiary/aromatic N) is 2. The van der Waals surface area contributed by atoms with Gasteiger partial charge in [-0.15, -0.1) is 24.8 Å². The molecule has 3 rings (SSSR count). The Morgan fingerprint density at radius 1 is 1.04 bits per heavy atom. The third kappa shape index (κ3) is 6.71. The SMILES string of the molecule is Cl.Cl.O=C(COc1ccc(Oc2ccccn2)cc1)N1CCCNCC1. The minimum absolute atomic E-state index is 0. The van der Waals surface area contributed by atoms with Gasteiger partial charge in [-0.1, -0.05) is 6.07 Å². The summed E-state index contributed by atoms with van der Waals surface area (Å²) in [6.45, 7) is 3.37. The number of hydrogen-bond acceptors (Lipinski definition) is 5. The van der Waals surface area contributed by atoms with Crippen LogP contribution < -0.4 is 14.8 Å². The third-order valence-electron chi connectivity index (χ3n) is 3.74. The minimum atomic E-state index is 0. The van der Waals surface area contributed by atoms with E-state index in [-0.39, 0.29) is 37.3 Å². The number of aromatic nitrogens is 1. The van der Waals surface area contributed by atoms with E-state index >= 15 is 0 Å². The topological polar surface area (TPSA) is 63.7 Å². The molecule has 1 aromatic heterocycles. The number of nitrogens with one attached hydrogen (secondary N) is 1. The molecule has 6 nitrogen and oxygen atoms in total. The minimum Gasteiger partial charge on any atom is -0.484 e. The van der Waals surface area contributed by atoms with Crippen molar-refractivity contribution < 1.29 is 14.3 Å². The molecule has 0 saturated carbocycles. The smallest absolute Gasteiger partial charge is 0.260 e. The normalized spacial score (nSPS) is 13.6. The highest BCUT2D eigenvalue weighted by Crippen LogP contribution is 2.22. The number of carbonyl (C=O) groups excluding carboxylic acids is 1. The summed E-state index contributed by atoms with van der Waals surface area (Å²) in [5, 5.41) is 3.28. The van der Waals surface area contributed by atoms with Crippen molar-refractivity contribution in [3.05, 3.63) is 48.7 Å². The van der Waals surface area contributed by atoms with Crippen molar-refractivity contribution in [2.75, 3.05) is 32.8 Å². The van der Waals surface area contributed by atoms with Gasteiger partial charge in [0.25, 0.3) is 5.91 Å². The summed E-state index contributed by atoms with van der Waals surface area (Å²) in [6, 6.07) is 12.7. The summed E-state index contributed by atoms with van der Waals surface area (Å²) in [5.74, 6) is 1.87. The Morgan fingerprint density at radius 3 is 2.54 bits per heavy atom. The first-order valence-corrected chi connectivity index (χ1v) is 8.11. The van der Waals surface area contributed by atoms with Crippen molar-refractivity contribution in [1.82, 2.24) is 15.2 Å². The highest BCUT2D eigenvalue weighted by Gasteiger charge is 2.15. The summed E-state index contributed by atoms with van der Waals surface area (Å²) in [6.07, 6.45) is 2.65. The van der Waals surface area contributed by atoms with Crippen molar-refractivity contribution in [1.29, 1.82) is 0 Å². The van der Waals surface area contributed by atoms with Gasteiger partial charge in [0, 0.05) is 31.9 Å². The molecule has 142 valence electrons. The number of halogens is 2. The van der Waals surface area contributed by atoms with Crippen LogP contribution >= 0.6 is 24.8 Å². The zero-order valence-corrected chi connectivity index (χ0v) is 15.9. The molecule has 0 bridgehead atoms. The second kappa shape index (κ2) is 11.6. The number of hydrogen-bond donors (Lipinski definition) is 1. The number of ether oxygens (including phenoxy) is 2. The maximum absolute atomic E-state index is 12.2. The lowest BCUT2D eigenvalue weighted by molar-refractivity contribution is -0.133. The lowest BCUT2D eigenvalue weighted by Crippen LogP contribution is -2.37. The second-order valence-corrected chi connectivity index (χ2v) is 5.51. The molecule has 0 aliphatic carbocycles. The number of rotatable bonds is 5. The van der Waals surface area contributed by atoms with Gasteiger partial charge in [0.2, 0.25) is 5.88 Å². The zero-order valence-electron chi connectivity index (χ0n) is 14.3. The van der Waals surface area contributed by atoms with E-state index < -0.39 is 0 Å². The highest BCUT2D eigenvalue weighted by molar-refractivity contribution is 5.85. The molecule has 0 atom stereocenters. The van der Waals surface area contributed by atoms with Crippen LogP contribution in [0.15, 0.2) is 48.7 Å². The first-order valence-electron chi connectivity index (χ1n) is 8.11. The average molecular weight is 400 g/mol. The summed E-state index contributed by atoms with van der Waals surface area (Å²) < 4.78 is 11.2. The molecular formula is C18H23Cl2N3O3. The number of amides is 1. The average Bonchev–Trinajstić information content (AvgIpc) is 2.91. The fourth-order valence-corrected chi connectivity index (χ4v) is 2.46. The number of carbonyl (C=O) groups is 1. The molecule has 0 spiro atoms. The molecule has 2 heterocycles. The fourth-order valence-electron chi connectivity index (χ4n) is 2.46. The van der Waals surface area contributed by atoms with Gasteiger partial charge in [0.15, 0.2) is 6.61 Å². The lowest BCUT2D eigenvalue weighted by Gasteiger charge is -2.20. The molecule has 1 aliphatic rings. The molecule has 0 radical (unpaired) electrons. The second-order valence-electron chi connectivity index (χ2n) is 5.51. The van der Waals surface area contributed by atoms with E-state index in [2.05, 4.69) is 10.3 Å². The van der Waals surface area contributed by atoms with Crippen LogP contribution in [-0.2, 0) is 4.79 Å². The molecule has 0 unspecified atom stereocenters. The van der Waals surface area contributed by atoms with Crippen LogP contribution in [0, 0.1) is 0 Å². The Balaban J connectivity index is 0.00000169. The van der Waals surface area contributed by atoms with E-state index in [4.69, 9.17) is 9.47 Å². The first kappa shape index (κ1) is 22.0. The van der Waals surface area contributed by atoms with Crippen molar-refractivity contribution in [3.63, 3.8) is 0 Å². The van der Waals surface area contributed by atoms with Gasteiger partial charge in [0.05, 0.1) is 0 Å². The molecule has 8 heteroatoms. The molecule has 26 heavy (non-hydrogen) atoms. The fraction of sp³-hybridized carbons (Fsp3) is 0.333. The summed E-state index contributed by atoms with van der Waals surface area (Å²) in [7, 11) is 0. The quantitative estimate of drug-likeness (QED) is 0.836. The van der Waals surface area contributed by atoms with Crippen molar-refractivity contribution in [2.45, 2.75) is 6.42 Å². The number of pyridine rings is 1. The summed E-state index contributed by atoms with van der Waals surface area (Å²) in [4.78, 5) is 18.1. The molecule has 1 aromatic carbocycles. The Labute approximate surface area is 165 Å². The van der Waals surface area contributed by atoms with Crippen LogP contribution in [-0.4, -0.2) is 48.6 Å². The van der Waals surface area contributed by atoms with Crippen molar-refractivity contribution in [3.8, 4) is 17.4 Å². The Kier molecular flexibility index (Phi) is 9.80. The molecule has 1 N–H and O–H groups in total. The molecule has 1 fully saturated rings. The van der Waals surface area contributed by atoms with E-state index in [1.165, 1.54) is 0 Å². The Morgan fingerprint density at radius 2 is 1.81 bits per heavy atom. The lowest BCUT2D eigenvalue weighted by atomic mass is 10.3. The highest BCUT2D eigenvalue weighted by atomic mass is 35.5. The summed E-state index contributed by atoms with van der Waals surface area (Å²) >= 11 is 0. The molecular weight excluding hydrogens is 377 g/mol. The van der Waals surface area contributed by atoms with Crippen LogP contribution in [0.3, 0.4) is 0 Å². The van der Waals surface area contributed by atoms with E-state index in [1.54, 1.807) is 36.5 Å². The van der Waals surface area contributed by atoms with E-state index in [0.717, 1.165) is 32.6 Å². The predicted molar refractivity (Wildman–Crippen MR) is 105 cm³/mol. The van der Waals surface area contributed by atoms with Gasteiger partial charge in [-0.05, 0) is 43.3 Å². The van der Waals surface area contributed by atoms with Crippen LogP contribution in [0.4, 0.5) is 0 Å².